The number of alkyl halides is 1. The summed E-state index contributed by atoms with van der Waals surface area (Å²) in [5.41, 5.74) is 3.53. The smallest absolute Gasteiger partial charge is 0.241 e. The van der Waals surface area contributed by atoms with Gasteiger partial charge in [0.2, 0.25) is 5.95 Å². The lowest BCUT2D eigenvalue weighted by molar-refractivity contribution is 0.0782. The molecule has 1 N–H and O–H groups in total. The van der Waals surface area contributed by atoms with Crippen LogP contribution in [0.2, 0.25) is 0 Å². The lowest BCUT2D eigenvalue weighted by Gasteiger charge is -2.33. The zero-order valence-corrected chi connectivity index (χ0v) is 14.1. The van der Waals surface area contributed by atoms with Crippen molar-refractivity contribution in [3.63, 3.8) is 0 Å². The van der Waals surface area contributed by atoms with Gasteiger partial charge in [0.05, 0.1) is 29.3 Å². The van der Waals surface area contributed by atoms with Gasteiger partial charge >= 0.3 is 0 Å². The molecular formula is C19H17FN6. The molecule has 1 aromatic carbocycles. The molecule has 0 spiro atoms. The Morgan fingerprint density at radius 3 is 2.73 bits per heavy atom. The first kappa shape index (κ1) is 15.2. The Balaban J connectivity index is 1.46. The molecule has 0 atom stereocenters. The average molecular weight is 348 g/mol. The number of fused-ring (bicyclic) bond motifs is 2. The van der Waals surface area contributed by atoms with Gasteiger partial charge in [0.1, 0.15) is 5.67 Å². The van der Waals surface area contributed by atoms with Crippen LogP contribution in [0.4, 0.5) is 10.3 Å². The molecule has 0 unspecified atom stereocenters. The Kier molecular flexibility index (Phi) is 3.34. The summed E-state index contributed by atoms with van der Waals surface area (Å²) < 4.78 is 15.9. The van der Waals surface area contributed by atoms with Gasteiger partial charge in [-0.1, -0.05) is 6.07 Å². The molecule has 0 amide bonds. The maximum absolute atomic E-state index is 14.1. The molecule has 0 bridgehead atoms. The van der Waals surface area contributed by atoms with Gasteiger partial charge in [-0.05, 0) is 43.0 Å². The SMILES string of the molecule is FC1(CNc2ncc3c(-c4ccc5nccnc5c4)ccn3n2)CCC1. The van der Waals surface area contributed by atoms with Gasteiger partial charge in [-0.25, -0.2) is 13.9 Å². The van der Waals surface area contributed by atoms with Crippen LogP contribution >= 0.6 is 0 Å². The molecule has 0 aliphatic heterocycles. The second-order valence-corrected chi connectivity index (χ2v) is 6.76. The summed E-state index contributed by atoms with van der Waals surface area (Å²) in [6.45, 7) is 0.260. The summed E-state index contributed by atoms with van der Waals surface area (Å²) in [6, 6.07) is 7.97. The average Bonchev–Trinajstić information content (AvgIpc) is 3.07. The molecule has 1 saturated carbocycles. The van der Waals surface area contributed by atoms with Crippen molar-refractivity contribution in [2.45, 2.75) is 24.9 Å². The number of aromatic nitrogens is 5. The normalized spacial score (nSPS) is 15.9. The van der Waals surface area contributed by atoms with Crippen LogP contribution in [0.5, 0.6) is 0 Å². The molecule has 130 valence electrons. The van der Waals surface area contributed by atoms with Gasteiger partial charge in [0.25, 0.3) is 0 Å². The Morgan fingerprint density at radius 1 is 1.08 bits per heavy atom. The van der Waals surface area contributed by atoms with Crippen LogP contribution in [0.1, 0.15) is 19.3 Å². The van der Waals surface area contributed by atoms with Crippen LogP contribution in [-0.2, 0) is 0 Å². The molecule has 5 rings (SSSR count). The highest BCUT2D eigenvalue weighted by Gasteiger charge is 2.36. The Bertz CT molecular complexity index is 1100. The molecule has 4 aromatic rings. The van der Waals surface area contributed by atoms with Gasteiger partial charge in [-0.3, -0.25) is 9.97 Å². The Morgan fingerprint density at radius 2 is 1.92 bits per heavy atom. The number of nitrogens with zero attached hydrogens (tertiary/aromatic N) is 5. The fraction of sp³-hybridized carbons (Fsp3) is 0.263. The molecule has 0 radical (unpaired) electrons. The summed E-state index contributed by atoms with van der Waals surface area (Å²) in [5, 5.41) is 7.46. The number of anilines is 1. The van der Waals surface area contributed by atoms with E-state index in [9.17, 15) is 4.39 Å². The maximum atomic E-state index is 14.1. The van der Waals surface area contributed by atoms with Gasteiger partial charge in [-0.2, -0.15) is 0 Å². The van der Waals surface area contributed by atoms with Gasteiger partial charge in [-0.15, -0.1) is 5.10 Å². The molecule has 0 saturated heterocycles. The number of halogens is 1. The summed E-state index contributed by atoms with van der Waals surface area (Å²) >= 11 is 0. The fourth-order valence-electron chi connectivity index (χ4n) is 3.33. The maximum Gasteiger partial charge on any atom is 0.241 e. The molecule has 1 aliphatic rings. The Hall–Kier alpha value is -3.09. The number of nitrogens with one attached hydrogen (secondary N) is 1. The van der Waals surface area contributed by atoms with E-state index in [0.29, 0.717) is 18.8 Å². The fourth-order valence-corrected chi connectivity index (χ4v) is 3.33. The van der Waals surface area contributed by atoms with E-state index in [-0.39, 0.29) is 6.54 Å². The van der Waals surface area contributed by atoms with Gasteiger partial charge in [0, 0.05) is 24.2 Å². The van der Waals surface area contributed by atoms with Crippen molar-refractivity contribution in [3.8, 4) is 11.1 Å². The minimum atomic E-state index is -1.10. The van der Waals surface area contributed by atoms with Gasteiger partial charge < -0.3 is 5.32 Å². The third kappa shape index (κ3) is 2.56. The van der Waals surface area contributed by atoms with E-state index in [2.05, 4.69) is 25.4 Å². The van der Waals surface area contributed by atoms with Crippen molar-refractivity contribution >= 4 is 22.5 Å². The van der Waals surface area contributed by atoms with Crippen molar-refractivity contribution < 1.29 is 4.39 Å². The highest BCUT2D eigenvalue weighted by Crippen LogP contribution is 2.35. The first-order chi connectivity index (χ1) is 12.7. The molecule has 6 nitrogen and oxygen atoms in total. The van der Waals surface area contributed by atoms with Crippen molar-refractivity contribution in [1.29, 1.82) is 0 Å². The van der Waals surface area contributed by atoms with Crippen molar-refractivity contribution in [2.24, 2.45) is 0 Å². The molecule has 3 heterocycles. The molecule has 1 aliphatic carbocycles. The number of benzene rings is 1. The molecule has 3 aromatic heterocycles. The van der Waals surface area contributed by atoms with E-state index in [1.165, 1.54) is 0 Å². The van der Waals surface area contributed by atoms with E-state index < -0.39 is 5.67 Å². The highest BCUT2D eigenvalue weighted by molar-refractivity contribution is 5.86. The summed E-state index contributed by atoms with van der Waals surface area (Å²) in [4.78, 5) is 13.0. The zero-order valence-electron chi connectivity index (χ0n) is 14.1. The minimum absolute atomic E-state index is 0.260. The largest absolute Gasteiger partial charge is 0.350 e. The van der Waals surface area contributed by atoms with Crippen LogP contribution in [0.3, 0.4) is 0 Å². The van der Waals surface area contributed by atoms with E-state index in [1.54, 1.807) is 23.1 Å². The second-order valence-electron chi connectivity index (χ2n) is 6.76. The lowest BCUT2D eigenvalue weighted by Crippen LogP contribution is -2.39. The molecule has 7 heteroatoms. The third-order valence-electron chi connectivity index (χ3n) is 5.01. The van der Waals surface area contributed by atoms with E-state index in [4.69, 9.17) is 0 Å². The predicted octanol–water partition coefficient (Wildman–Crippen LogP) is 3.64. The number of rotatable bonds is 4. The standard InChI is InChI=1S/C19H17FN6/c20-19(5-1-6-19)12-24-18-23-11-17-14(4-9-26(17)25-18)13-2-3-15-16(10-13)22-8-7-21-15/h2-4,7-11H,1,5-6,12H2,(H,24,25). The van der Waals surface area contributed by atoms with Crippen LogP contribution in [0.15, 0.2) is 49.1 Å². The minimum Gasteiger partial charge on any atom is -0.350 e. The van der Waals surface area contributed by atoms with E-state index in [0.717, 1.165) is 34.1 Å². The molecule has 1 fully saturated rings. The summed E-state index contributed by atoms with van der Waals surface area (Å²) in [7, 11) is 0. The summed E-state index contributed by atoms with van der Waals surface area (Å²) in [5.74, 6) is 0.438. The Labute approximate surface area is 149 Å². The number of hydrogen-bond donors (Lipinski definition) is 1. The first-order valence-corrected chi connectivity index (χ1v) is 8.69. The second kappa shape index (κ2) is 5.72. The summed E-state index contributed by atoms with van der Waals surface area (Å²) in [6.07, 6.45) is 9.19. The van der Waals surface area contributed by atoms with E-state index >= 15 is 0 Å². The highest BCUT2D eigenvalue weighted by atomic mass is 19.1. The van der Waals surface area contributed by atoms with Crippen LogP contribution in [-0.4, -0.2) is 36.8 Å². The zero-order chi connectivity index (χ0) is 17.6. The predicted molar refractivity (Wildman–Crippen MR) is 97.7 cm³/mol. The quantitative estimate of drug-likeness (QED) is 0.610. The molecular weight excluding hydrogens is 331 g/mol. The van der Waals surface area contributed by atoms with Crippen molar-refractivity contribution in [3.05, 3.63) is 49.1 Å². The first-order valence-electron chi connectivity index (χ1n) is 8.69. The molecule has 26 heavy (non-hydrogen) atoms. The van der Waals surface area contributed by atoms with E-state index in [1.807, 2.05) is 30.5 Å². The van der Waals surface area contributed by atoms with Crippen LogP contribution < -0.4 is 5.32 Å². The van der Waals surface area contributed by atoms with Crippen LogP contribution in [0.25, 0.3) is 27.7 Å². The number of hydrogen-bond acceptors (Lipinski definition) is 5. The van der Waals surface area contributed by atoms with Crippen molar-refractivity contribution in [2.75, 3.05) is 11.9 Å². The topological polar surface area (TPSA) is 68.0 Å². The van der Waals surface area contributed by atoms with Crippen molar-refractivity contribution in [1.82, 2.24) is 24.6 Å². The van der Waals surface area contributed by atoms with Crippen LogP contribution in [0, 0.1) is 0 Å². The third-order valence-corrected chi connectivity index (χ3v) is 5.01. The lowest BCUT2D eigenvalue weighted by atomic mass is 9.82. The monoisotopic (exact) mass is 348 g/mol. The van der Waals surface area contributed by atoms with Gasteiger partial charge in [0.15, 0.2) is 0 Å².